The van der Waals surface area contributed by atoms with E-state index in [1.54, 1.807) is 0 Å². The number of alkyl halides is 3. The molecule has 2 aliphatic heterocycles. The minimum atomic E-state index is -1.70. The van der Waals surface area contributed by atoms with Gasteiger partial charge in [-0.25, -0.2) is 15.2 Å². The first kappa shape index (κ1) is 19.3. The molecule has 2 saturated heterocycles. The fourth-order valence-electron chi connectivity index (χ4n) is 2.41. The van der Waals surface area contributed by atoms with Crippen molar-refractivity contribution in [2.45, 2.75) is 28.9 Å². The molecule has 2 aliphatic rings. The van der Waals surface area contributed by atoms with Crippen molar-refractivity contribution in [1.82, 2.24) is 20.7 Å². The Labute approximate surface area is 151 Å². The van der Waals surface area contributed by atoms with Gasteiger partial charge in [0.2, 0.25) is 3.79 Å². The van der Waals surface area contributed by atoms with Crippen molar-refractivity contribution in [3.8, 4) is 0 Å². The van der Waals surface area contributed by atoms with E-state index in [-0.39, 0.29) is 12.7 Å². The number of rotatable bonds is 5. The van der Waals surface area contributed by atoms with Gasteiger partial charge in [0.1, 0.15) is 12.8 Å². The van der Waals surface area contributed by atoms with E-state index in [0.29, 0.717) is 6.61 Å². The second-order valence-electron chi connectivity index (χ2n) is 5.77. The fourth-order valence-corrected chi connectivity index (χ4v) is 2.72. The Bertz CT molecular complexity index is 383. The number of carbonyl (C=O) groups is 1. The van der Waals surface area contributed by atoms with Gasteiger partial charge in [-0.05, 0) is 19.9 Å². The molecule has 0 aliphatic carbocycles. The molecule has 1 amide bonds. The first-order valence-corrected chi connectivity index (χ1v) is 8.79. The van der Waals surface area contributed by atoms with Crippen LogP contribution in [-0.2, 0) is 9.47 Å². The van der Waals surface area contributed by atoms with Crippen LogP contribution in [0.3, 0.4) is 0 Å². The maximum Gasteiger partial charge on any atom is 0.408 e. The van der Waals surface area contributed by atoms with E-state index in [1.165, 1.54) is 0 Å². The minimum Gasteiger partial charge on any atom is -0.447 e. The molecule has 0 saturated carbocycles. The summed E-state index contributed by atoms with van der Waals surface area (Å²) in [5.41, 5.74) is 3.04. The number of halogens is 3. The van der Waals surface area contributed by atoms with Crippen LogP contribution in [0, 0.1) is 0 Å². The molecule has 7 nitrogen and oxygen atoms in total. The number of hydrogen-bond donors (Lipinski definition) is 2. The molecule has 2 N–H and O–H groups in total. The number of hydrogen-bond acceptors (Lipinski definition) is 6. The highest BCUT2D eigenvalue weighted by Crippen LogP contribution is 2.29. The molecule has 0 aromatic heterocycles. The quantitative estimate of drug-likeness (QED) is 0.546. The summed E-state index contributed by atoms with van der Waals surface area (Å²) in [7, 11) is 2.05. The van der Waals surface area contributed by atoms with Gasteiger partial charge < -0.3 is 19.7 Å². The smallest absolute Gasteiger partial charge is 0.408 e. The third-order valence-corrected chi connectivity index (χ3v) is 4.48. The molecule has 2 fully saturated rings. The molecule has 23 heavy (non-hydrogen) atoms. The third kappa shape index (κ3) is 6.78. The van der Waals surface area contributed by atoms with Crippen LogP contribution in [0.4, 0.5) is 4.79 Å². The first-order chi connectivity index (χ1) is 10.8. The number of nitrogens with one attached hydrogen (secondary N) is 2. The van der Waals surface area contributed by atoms with E-state index >= 15 is 0 Å². The molecule has 10 heteroatoms. The molecule has 0 unspecified atom stereocenters. The van der Waals surface area contributed by atoms with Gasteiger partial charge in [0.25, 0.3) is 0 Å². The Morgan fingerprint density at radius 2 is 2.04 bits per heavy atom. The summed E-state index contributed by atoms with van der Waals surface area (Å²) in [6, 6.07) is 0. The minimum absolute atomic E-state index is 0.0439. The van der Waals surface area contributed by atoms with Crippen molar-refractivity contribution in [2.75, 3.05) is 46.4 Å². The molecule has 0 radical (unpaired) electrons. The molecule has 2 rings (SSSR count). The van der Waals surface area contributed by atoms with Crippen molar-refractivity contribution in [1.29, 1.82) is 0 Å². The van der Waals surface area contributed by atoms with Crippen molar-refractivity contribution < 1.29 is 14.3 Å². The van der Waals surface area contributed by atoms with Crippen LogP contribution in [0.5, 0.6) is 0 Å². The number of ether oxygens (including phenoxy) is 2. The summed E-state index contributed by atoms with van der Waals surface area (Å²) >= 11 is 17.9. The summed E-state index contributed by atoms with van der Waals surface area (Å²) in [5, 5.41) is 4.48. The number of hydrazine groups is 1. The Hall–Kier alpha value is -0.0200. The molecule has 134 valence electrons. The standard InChI is InChI=1S/C13H23Cl3N4O3/c1-19-4-6-20(7-5-19)18-11(13(14,15)16)17-12(21)23-9-10-3-2-8-22-10/h10-11,18H,2-9H2,1H3,(H,17,21)/t10-,11-/m0/s1. The molecular weight excluding hydrogens is 367 g/mol. The molecular formula is C13H23Cl3N4O3. The van der Waals surface area contributed by atoms with Gasteiger partial charge in [-0.15, -0.1) is 0 Å². The number of likely N-dealkylation sites (N-methyl/N-ethyl adjacent to an activating group) is 1. The van der Waals surface area contributed by atoms with Gasteiger partial charge in [0, 0.05) is 32.8 Å². The summed E-state index contributed by atoms with van der Waals surface area (Å²) < 4.78 is 8.83. The van der Waals surface area contributed by atoms with Crippen LogP contribution in [0.25, 0.3) is 0 Å². The Kier molecular flexibility index (Phi) is 7.47. The van der Waals surface area contributed by atoms with Gasteiger partial charge in [-0.1, -0.05) is 34.8 Å². The average Bonchev–Trinajstić information content (AvgIpc) is 2.99. The largest absolute Gasteiger partial charge is 0.447 e. The van der Waals surface area contributed by atoms with E-state index in [4.69, 9.17) is 44.3 Å². The van der Waals surface area contributed by atoms with Crippen LogP contribution in [0.2, 0.25) is 0 Å². The highest BCUT2D eigenvalue weighted by Gasteiger charge is 2.36. The highest BCUT2D eigenvalue weighted by atomic mass is 35.6. The lowest BCUT2D eigenvalue weighted by Crippen LogP contribution is -2.62. The fraction of sp³-hybridized carbons (Fsp3) is 0.923. The second-order valence-corrected chi connectivity index (χ2v) is 8.14. The maximum absolute atomic E-state index is 11.9. The third-order valence-electron chi connectivity index (χ3n) is 3.83. The predicted octanol–water partition coefficient (Wildman–Crippen LogP) is 1.34. The lowest BCUT2D eigenvalue weighted by Gasteiger charge is -2.37. The monoisotopic (exact) mass is 388 g/mol. The maximum atomic E-state index is 11.9. The zero-order valence-corrected chi connectivity index (χ0v) is 15.3. The molecule has 0 spiro atoms. The molecule has 2 heterocycles. The van der Waals surface area contributed by atoms with E-state index in [9.17, 15) is 4.79 Å². The Morgan fingerprint density at radius 3 is 2.61 bits per heavy atom. The van der Waals surface area contributed by atoms with Crippen LogP contribution >= 0.6 is 34.8 Å². The molecule has 0 aromatic carbocycles. The molecule has 2 atom stereocenters. The summed E-state index contributed by atoms with van der Waals surface area (Å²) in [5.74, 6) is 0. The van der Waals surface area contributed by atoms with Gasteiger partial charge in [-0.3, -0.25) is 0 Å². The molecule has 0 aromatic rings. The second kappa shape index (κ2) is 8.89. The average molecular weight is 390 g/mol. The van der Waals surface area contributed by atoms with Crippen LogP contribution in [-0.4, -0.2) is 78.5 Å². The van der Waals surface area contributed by atoms with Crippen molar-refractivity contribution in [3.63, 3.8) is 0 Å². The normalized spacial score (nSPS) is 25.3. The number of carbonyl (C=O) groups excluding carboxylic acids is 1. The first-order valence-electron chi connectivity index (χ1n) is 7.66. The van der Waals surface area contributed by atoms with E-state index in [0.717, 1.165) is 39.0 Å². The van der Waals surface area contributed by atoms with Crippen LogP contribution < -0.4 is 10.7 Å². The van der Waals surface area contributed by atoms with E-state index in [2.05, 4.69) is 15.6 Å². The zero-order valence-electron chi connectivity index (χ0n) is 13.1. The van der Waals surface area contributed by atoms with Crippen LogP contribution in [0.15, 0.2) is 0 Å². The SMILES string of the molecule is CN1CCN(N[C@H](NC(=O)OC[C@@H]2CCCO2)C(Cl)(Cl)Cl)CC1. The Balaban J connectivity index is 1.79. The van der Waals surface area contributed by atoms with Crippen molar-refractivity contribution in [3.05, 3.63) is 0 Å². The summed E-state index contributed by atoms with van der Waals surface area (Å²) in [6.07, 6.45) is 0.307. The van der Waals surface area contributed by atoms with Gasteiger partial charge in [0.05, 0.1) is 6.10 Å². The Morgan fingerprint density at radius 1 is 1.35 bits per heavy atom. The van der Waals surface area contributed by atoms with Gasteiger partial charge in [-0.2, -0.15) is 0 Å². The number of alkyl carbamates (subject to hydrolysis) is 1. The number of amides is 1. The topological polar surface area (TPSA) is 66.1 Å². The van der Waals surface area contributed by atoms with E-state index in [1.807, 2.05) is 12.1 Å². The van der Waals surface area contributed by atoms with Crippen molar-refractivity contribution >= 4 is 40.9 Å². The zero-order chi connectivity index (χ0) is 16.9. The lowest BCUT2D eigenvalue weighted by molar-refractivity contribution is 0.0380. The van der Waals surface area contributed by atoms with Crippen molar-refractivity contribution in [2.24, 2.45) is 0 Å². The van der Waals surface area contributed by atoms with Gasteiger partial charge in [0.15, 0.2) is 0 Å². The molecule has 0 bridgehead atoms. The number of nitrogens with zero attached hydrogens (tertiary/aromatic N) is 2. The van der Waals surface area contributed by atoms with Gasteiger partial charge >= 0.3 is 6.09 Å². The summed E-state index contributed by atoms with van der Waals surface area (Å²) in [6.45, 7) is 4.22. The van der Waals surface area contributed by atoms with E-state index < -0.39 is 16.1 Å². The predicted molar refractivity (Wildman–Crippen MR) is 89.7 cm³/mol. The lowest BCUT2D eigenvalue weighted by atomic mass is 10.2. The highest BCUT2D eigenvalue weighted by molar-refractivity contribution is 6.68. The summed E-state index contributed by atoms with van der Waals surface area (Å²) in [4.78, 5) is 14.1. The van der Waals surface area contributed by atoms with Crippen LogP contribution in [0.1, 0.15) is 12.8 Å². The number of piperazine rings is 1.